The van der Waals surface area contributed by atoms with Crippen LogP contribution < -0.4 is 21.1 Å². The minimum atomic E-state index is -1.01. The Bertz CT molecular complexity index is 685. The molecule has 7 nitrogen and oxygen atoms in total. The third kappa shape index (κ3) is 4.11. The average Bonchev–Trinajstić information content (AvgIpc) is 3.03. The highest BCUT2D eigenvalue weighted by molar-refractivity contribution is 5.79. The summed E-state index contributed by atoms with van der Waals surface area (Å²) >= 11 is 0. The van der Waals surface area contributed by atoms with Gasteiger partial charge in [-0.15, -0.1) is 0 Å². The number of carbonyl (C=O) groups is 2. The molecule has 1 saturated heterocycles. The Morgan fingerprint density at radius 3 is 2.79 bits per heavy atom. The molecule has 4 N–H and O–H groups in total. The van der Waals surface area contributed by atoms with E-state index in [1.165, 1.54) is 0 Å². The minimum Gasteiger partial charge on any atom is -0.480 e. The maximum Gasteiger partial charge on any atom is 0.327 e. The van der Waals surface area contributed by atoms with E-state index in [4.69, 9.17) is 9.84 Å². The van der Waals surface area contributed by atoms with Crippen molar-refractivity contribution in [3.63, 3.8) is 0 Å². The van der Waals surface area contributed by atoms with Crippen LogP contribution >= 0.6 is 0 Å². The van der Waals surface area contributed by atoms with Crippen LogP contribution in [0.1, 0.15) is 31.2 Å². The Labute approximate surface area is 139 Å². The van der Waals surface area contributed by atoms with Crippen molar-refractivity contribution in [2.45, 2.75) is 38.0 Å². The first-order valence-corrected chi connectivity index (χ1v) is 7.90. The molecule has 1 heterocycles. The van der Waals surface area contributed by atoms with Gasteiger partial charge in [0.05, 0.1) is 0 Å². The topological polar surface area (TPSA) is 99.7 Å². The first kappa shape index (κ1) is 16.5. The zero-order chi connectivity index (χ0) is 16.9. The second-order valence-electron chi connectivity index (χ2n) is 5.88. The number of hydrazine groups is 2. The van der Waals surface area contributed by atoms with Crippen molar-refractivity contribution in [1.82, 2.24) is 16.4 Å². The number of carboxylic acids is 1. The van der Waals surface area contributed by atoms with Crippen LogP contribution in [0.2, 0.25) is 0 Å². The Balaban J connectivity index is 1.64. The Hall–Kier alpha value is -2.40. The summed E-state index contributed by atoms with van der Waals surface area (Å²) in [6, 6.07) is 6.33. The Morgan fingerprint density at radius 2 is 2.04 bits per heavy atom. The Kier molecular flexibility index (Phi) is 5.11. The smallest absolute Gasteiger partial charge is 0.327 e. The summed E-state index contributed by atoms with van der Waals surface area (Å²) in [6.45, 7) is 0. The summed E-state index contributed by atoms with van der Waals surface area (Å²) in [6.07, 6.45) is 2.16. The van der Waals surface area contributed by atoms with E-state index in [0.29, 0.717) is 24.4 Å². The van der Waals surface area contributed by atoms with Gasteiger partial charge in [-0.25, -0.2) is 10.9 Å². The van der Waals surface area contributed by atoms with Crippen LogP contribution in [0.4, 0.5) is 0 Å². The fourth-order valence-corrected chi connectivity index (χ4v) is 2.70. The molecule has 0 spiro atoms. The molecule has 0 amide bonds. The summed E-state index contributed by atoms with van der Waals surface area (Å²) < 4.78 is 5.67. The van der Waals surface area contributed by atoms with Crippen LogP contribution in [0.15, 0.2) is 24.3 Å². The highest BCUT2D eigenvalue weighted by atomic mass is 16.5. The van der Waals surface area contributed by atoms with Gasteiger partial charge in [-0.2, -0.15) is 5.53 Å². The molecule has 126 valence electrons. The monoisotopic (exact) mass is 329 g/mol. The summed E-state index contributed by atoms with van der Waals surface area (Å²) in [5.41, 5.74) is 8.63. The van der Waals surface area contributed by atoms with E-state index in [1.807, 2.05) is 12.1 Å². The lowest BCUT2D eigenvalue weighted by atomic mass is 9.89. The molecule has 24 heavy (non-hydrogen) atoms. The van der Waals surface area contributed by atoms with Crippen LogP contribution in [0.25, 0.3) is 0 Å². The first-order valence-electron chi connectivity index (χ1n) is 7.90. The van der Waals surface area contributed by atoms with Crippen molar-refractivity contribution >= 4 is 11.8 Å². The molecule has 0 radical (unpaired) electrons. The SMILES string of the molecule is O=C1CCC(C#Cc2cccc(OC3NNNC3C(=O)O)c2)CC1. The molecule has 3 rings (SSSR count). The number of rotatable bonds is 3. The summed E-state index contributed by atoms with van der Waals surface area (Å²) in [5.74, 6) is 6.44. The van der Waals surface area contributed by atoms with E-state index >= 15 is 0 Å². The molecule has 0 bridgehead atoms. The van der Waals surface area contributed by atoms with E-state index < -0.39 is 18.2 Å². The van der Waals surface area contributed by atoms with Gasteiger partial charge < -0.3 is 9.84 Å². The molecule has 1 aliphatic heterocycles. The van der Waals surface area contributed by atoms with Gasteiger partial charge in [-0.1, -0.05) is 17.9 Å². The summed E-state index contributed by atoms with van der Waals surface area (Å²) in [4.78, 5) is 22.3. The second-order valence-corrected chi connectivity index (χ2v) is 5.88. The zero-order valence-corrected chi connectivity index (χ0v) is 13.0. The highest BCUT2D eigenvalue weighted by Gasteiger charge is 2.34. The van der Waals surface area contributed by atoms with Gasteiger partial charge in [-0.3, -0.25) is 9.59 Å². The number of hydrogen-bond donors (Lipinski definition) is 4. The van der Waals surface area contributed by atoms with Crippen molar-refractivity contribution in [1.29, 1.82) is 0 Å². The van der Waals surface area contributed by atoms with Gasteiger partial charge in [0, 0.05) is 24.3 Å². The van der Waals surface area contributed by atoms with Crippen molar-refractivity contribution in [2.24, 2.45) is 5.92 Å². The van der Waals surface area contributed by atoms with Crippen molar-refractivity contribution in [3.8, 4) is 17.6 Å². The van der Waals surface area contributed by atoms with Crippen LogP contribution in [0.5, 0.6) is 5.75 Å². The maximum absolute atomic E-state index is 11.2. The van der Waals surface area contributed by atoms with Crippen LogP contribution in [0, 0.1) is 17.8 Å². The number of ketones is 1. The predicted octanol–water partition coefficient (Wildman–Crippen LogP) is 0.568. The van der Waals surface area contributed by atoms with E-state index in [0.717, 1.165) is 18.4 Å². The predicted molar refractivity (Wildman–Crippen MR) is 85.5 cm³/mol. The quantitative estimate of drug-likeness (QED) is 0.602. The highest BCUT2D eigenvalue weighted by Crippen LogP contribution is 2.21. The number of carboxylic acid groups (broad SMARTS) is 1. The van der Waals surface area contributed by atoms with E-state index in [-0.39, 0.29) is 5.92 Å². The number of Topliss-reactive ketones (excluding diaryl/α,β-unsaturated/α-hetero) is 1. The largest absolute Gasteiger partial charge is 0.480 e. The van der Waals surface area contributed by atoms with Crippen molar-refractivity contribution in [3.05, 3.63) is 29.8 Å². The molecular formula is C17H19N3O4. The number of benzene rings is 1. The van der Waals surface area contributed by atoms with Crippen LogP contribution in [0.3, 0.4) is 0 Å². The molecular weight excluding hydrogens is 310 g/mol. The van der Waals surface area contributed by atoms with Crippen LogP contribution in [-0.4, -0.2) is 29.1 Å². The lowest BCUT2D eigenvalue weighted by Gasteiger charge is -2.16. The lowest BCUT2D eigenvalue weighted by Crippen LogP contribution is -2.44. The Morgan fingerprint density at radius 1 is 1.25 bits per heavy atom. The molecule has 1 aliphatic carbocycles. The number of hydrogen-bond acceptors (Lipinski definition) is 6. The van der Waals surface area contributed by atoms with Crippen molar-refractivity contribution < 1.29 is 19.4 Å². The molecule has 1 saturated carbocycles. The second kappa shape index (κ2) is 7.45. The molecule has 0 aromatic heterocycles. The van der Waals surface area contributed by atoms with Crippen LogP contribution in [-0.2, 0) is 9.59 Å². The van der Waals surface area contributed by atoms with Gasteiger partial charge in [-0.05, 0) is 31.0 Å². The van der Waals surface area contributed by atoms with Gasteiger partial charge in [0.1, 0.15) is 11.5 Å². The third-order valence-corrected chi connectivity index (χ3v) is 4.07. The number of ether oxygens (including phenoxy) is 1. The third-order valence-electron chi connectivity index (χ3n) is 4.07. The summed E-state index contributed by atoms with van der Waals surface area (Å²) in [7, 11) is 0. The van der Waals surface area contributed by atoms with E-state index in [9.17, 15) is 9.59 Å². The lowest BCUT2D eigenvalue weighted by molar-refractivity contribution is -0.141. The van der Waals surface area contributed by atoms with Crippen molar-refractivity contribution in [2.75, 3.05) is 0 Å². The first-order chi connectivity index (χ1) is 11.6. The fourth-order valence-electron chi connectivity index (χ4n) is 2.70. The van der Waals surface area contributed by atoms with Gasteiger partial charge in [0.15, 0.2) is 12.3 Å². The van der Waals surface area contributed by atoms with Gasteiger partial charge in [0.2, 0.25) is 0 Å². The fraction of sp³-hybridized carbons (Fsp3) is 0.412. The minimum absolute atomic E-state index is 0.258. The number of aliphatic carboxylic acids is 1. The van der Waals surface area contributed by atoms with Gasteiger partial charge >= 0.3 is 5.97 Å². The molecule has 1 aromatic carbocycles. The van der Waals surface area contributed by atoms with E-state index in [2.05, 4.69) is 28.2 Å². The maximum atomic E-state index is 11.2. The van der Waals surface area contributed by atoms with Gasteiger partial charge in [0.25, 0.3) is 0 Å². The normalized spacial score (nSPS) is 24.2. The molecule has 2 fully saturated rings. The molecule has 1 aromatic rings. The average molecular weight is 329 g/mol. The van der Waals surface area contributed by atoms with E-state index in [1.54, 1.807) is 12.1 Å². The molecule has 2 aliphatic rings. The number of nitrogens with one attached hydrogen (secondary N) is 3. The zero-order valence-electron chi connectivity index (χ0n) is 13.0. The standard InChI is InChI=1S/C17H19N3O4/c21-13-8-6-11(7-9-13)4-5-12-2-1-3-14(10-12)24-16-15(17(22)23)18-20-19-16/h1-3,10-11,15-16,18-20H,6-9H2,(H,22,23). The number of carbonyl (C=O) groups excluding carboxylic acids is 1. The summed E-state index contributed by atoms with van der Waals surface area (Å²) in [5, 5.41) is 9.09. The molecule has 2 unspecified atom stereocenters. The molecule has 2 atom stereocenters. The molecule has 7 heteroatoms.